The molecule has 0 saturated heterocycles. The van der Waals surface area contributed by atoms with Gasteiger partial charge in [0.25, 0.3) is 0 Å². The van der Waals surface area contributed by atoms with E-state index in [-0.39, 0.29) is 17.9 Å². The molecular formula is C11H14BrNO5S. The van der Waals surface area contributed by atoms with E-state index in [9.17, 15) is 13.2 Å². The summed E-state index contributed by atoms with van der Waals surface area (Å²) < 4.78 is 31.1. The highest BCUT2D eigenvalue weighted by molar-refractivity contribution is 9.10. The van der Waals surface area contributed by atoms with E-state index in [0.717, 1.165) is 0 Å². The number of sulfonamides is 1. The number of benzene rings is 1. The lowest BCUT2D eigenvalue weighted by molar-refractivity contribution is 0.0697. The van der Waals surface area contributed by atoms with E-state index in [4.69, 9.17) is 9.84 Å². The molecule has 106 valence electrons. The Labute approximate surface area is 120 Å². The van der Waals surface area contributed by atoms with Gasteiger partial charge in [0.05, 0.1) is 23.6 Å². The van der Waals surface area contributed by atoms with Crippen LogP contribution >= 0.6 is 15.9 Å². The van der Waals surface area contributed by atoms with Gasteiger partial charge in [0.1, 0.15) is 0 Å². The first-order valence-electron chi connectivity index (χ1n) is 5.47. The first kappa shape index (κ1) is 15.9. The van der Waals surface area contributed by atoms with E-state index in [1.807, 2.05) is 0 Å². The minimum absolute atomic E-state index is 0.0733. The number of hydrogen-bond acceptors (Lipinski definition) is 4. The SMILES string of the molecule is CCOCCS(=O)(=O)Nc1ccc(C(=O)O)cc1Br. The fraction of sp³-hybridized carbons (Fsp3) is 0.364. The van der Waals surface area contributed by atoms with Crippen LogP contribution in [0.25, 0.3) is 0 Å². The van der Waals surface area contributed by atoms with E-state index in [1.54, 1.807) is 6.92 Å². The summed E-state index contributed by atoms with van der Waals surface area (Å²) in [6, 6.07) is 4.06. The molecule has 1 rings (SSSR count). The third-order valence-electron chi connectivity index (χ3n) is 2.18. The van der Waals surface area contributed by atoms with Crippen molar-refractivity contribution in [3.63, 3.8) is 0 Å². The van der Waals surface area contributed by atoms with Gasteiger partial charge in [-0.2, -0.15) is 0 Å². The highest BCUT2D eigenvalue weighted by Gasteiger charge is 2.13. The third-order valence-corrected chi connectivity index (χ3v) is 4.07. The molecule has 0 spiro atoms. The molecule has 0 aliphatic heterocycles. The van der Waals surface area contributed by atoms with Gasteiger partial charge in [-0.25, -0.2) is 13.2 Å². The highest BCUT2D eigenvalue weighted by atomic mass is 79.9. The molecule has 0 saturated carbocycles. The maximum Gasteiger partial charge on any atom is 0.335 e. The summed E-state index contributed by atoms with van der Waals surface area (Å²) in [5, 5.41) is 8.80. The summed E-state index contributed by atoms with van der Waals surface area (Å²) in [6.07, 6.45) is 0. The zero-order valence-electron chi connectivity index (χ0n) is 10.2. The average Bonchev–Trinajstić information content (AvgIpc) is 2.31. The van der Waals surface area contributed by atoms with Gasteiger partial charge in [0, 0.05) is 11.1 Å². The zero-order chi connectivity index (χ0) is 14.5. The molecule has 19 heavy (non-hydrogen) atoms. The van der Waals surface area contributed by atoms with Gasteiger partial charge in [0.2, 0.25) is 10.0 Å². The fourth-order valence-electron chi connectivity index (χ4n) is 1.26. The van der Waals surface area contributed by atoms with Crippen molar-refractivity contribution in [1.82, 2.24) is 0 Å². The van der Waals surface area contributed by atoms with Crippen LogP contribution in [0.2, 0.25) is 0 Å². The van der Waals surface area contributed by atoms with E-state index in [2.05, 4.69) is 20.7 Å². The molecule has 0 unspecified atom stereocenters. The summed E-state index contributed by atoms with van der Waals surface area (Å²) in [5.74, 6) is -1.24. The Bertz CT molecular complexity index is 558. The molecule has 0 heterocycles. The summed E-state index contributed by atoms with van der Waals surface area (Å²) in [6.45, 7) is 2.34. The molecular weight excluding hydrogens is 338 g/mol. The number of halogens is 1. The molecule has 0 aliphatic carbocycles. The maximum absolute atomic E-state index is 11.7. The van der Waals surface area contributed by atoms with Gasteiger partial charge < -0.3 is 9.84 Å². The first-order chi connectivity index (χ1) is 8.85. The van der Waals surface area contributed by atoms with Gasteiger partial charge in [-0.1, -0.05) is 0 Å². The van der Waals surface area contributed by atoms with Crippen LogP contribution in [0.4, 0.5) is 5.69 Å². The molecule has 0 amide bonds. The van der Waals surface area contributed by atoms with Crippen molar-refractivity contribution in [2.75, 3.05) is 23.7 Å². The van der Waals surface area contributed by atoms with Crippen LogP contribution in [-0.2, 0) is 14.8 Å². The fourth-order valence-corrected chi connectivity index (χ4v) is 2.82. The van der Waals surface area contributed by atoms with Crippen LogP contribution in [0, 0.1) is 0 Å². The van der Waals surface area contributed by atoms with Crippen molar-refractivity contribution >= 4 is 37.6 Å². The zero-order valence-corrected chi connectivity index (χ0v) is 12.6. The number of anilines is 1. The van der Waals surface area contributed by atoms with Crippen LogP contribution in [-0.4, -0.2) is 38.5 Å². The minimum Gasteiger partial charge on any atom is -0.478 e. The van der Waals surface area contributed by atoms with Gasteiger partial charge in [0.15, 0.2) is 0 Å². The Morgan fingerprint density at radius 3 is 2.68 bits per heavy atom. The number of ether oxygens (including phenoxy) is 1. The molecule has 0 aromatic heterocycles. The van der Waals surface area contributed by atoms with Gasteiger partial charge in [-0.05, 0) is 41.1 Å². The monoisotopic (exact) mass is 351 g/mol. The number of carboxylic acids is 1. The molecule has 0 bridgehead atoms. The number of hydrogen-bond donors (Lipinski definition) is 2. The maximum atomic E-state index is 11.7. The van der Waals surface area contributed by atoms with Crippen LogP contribution in [0.5, 0.6) is 0 Å². The summed E-state index contributed by atoms with van der Waals surface area (Å²) in [5.41, 5.74) is 0.366. The number of carboxylic acid groups (broad SMARTS) is 1. The lowest BCUT2D eigenvalue weighted by atomic mass is 10.2. The minimum atomic E-state index is -3.51. The Kier molecular flexibility index (Phi) is 5.77. The summed E-state index contributed by atoms with van der Waals surface area (Å²) in [4.78, 5) is 10.7. The molecule has 0 fully saturated rings. The molecule has 6 nitrogen and oxygen atoms in total. The molecule has 1 aromatic carbocycles. The molecule has 1 aromatic rings. The lowest BCUT2D eigenvalue weighted by Gasteiger charge is -2.10. The second-order valence-corrected chi connectivity index (χ2v) is 6.31. The number of nitrogens with one attached hydrogen (secondary N) is 1. The quantitative estimate of drug-likeness (QED) is 0.732. The van der Waals surface area contributed by atoms with Crippen molar-refractivity contribution in [2.45, 2.75) is 6.92 Å². The van der Waals surface area contributed by atoms with Crippen LogP contribution in [0.15, 0.2) is 22.7 Å². The average molecular weight is 352 g/mol. The number of rotatable bonds is 7. The summed E-state index contributed by atoms with van der Waals surface area (Å²) >= 11 is 3.13. The largest absolute Gasteiger partial charge is 0.478 e. The van der Waals surface area contributed by atoms with E-state index < -0.39 is 16.0 Å². The Hall–Kier alpha value is -1.12. The molecule has 0 aliphatic rings. The van der Waals surface area contributed by atoms with E-state index >= 15 is 0 Å². The van der Waals surface area contributed by atoms with Gasteiger partial charge >= 0.3 is 5.97 Å². The normalized spacial score (nSPS) is 11.3. The van der Waals surface area contributed by atoms with Crippen molar-refractivity contribution < 1.29 is 23.1 Å². The van der Waals surface area contributed by atoms with E-state index in [1.165, 1.54) is 18.2 Å². The van der Waals surface area contributed by atoms with E-state index in [0.29, 0.717) is 16.8 Å². The second-order valence-electron chi connectivity index (χ2n) is 3.62. The van der Waals surface area contributed by atoms with Gasteiger partial charge in [-0.15, -0.1) is 0 Å². The van der Waals surface area contributed by atoms with Crippen molar-refractivity contribution in [2.24, 2.45) is 0 Å². The molecule has 0 atom stereocenters. The lowest BCUT2D eigenvalue weighted by Crippen LogP contribution is -2.20. The first-order valence-corrected chi connectivity index (χ1v) is 7.91. The Balaban J connectivity index is 2.79. The van der Waals surface area contributed by atoms with Gasteiger partial charge in [-0.3, -0.25) is 4.72 Å². The smallest absolute Gasteiger partial charge is 0.335 e. The Morgan fingerprint density at radius 2 is 2.16 bits per heavy atom. The predicted molar refractivity (Wildman–Crippen MR) is 75.0 cm³/mol. The third kappa shape index (κ3) is 5.17. The standard InChI is InChI=1S/C11H14BrNO5S/c1-2-18-5-6-19(16,17)13-10-4-3-8(11(14)15)7-9(10)12/h3-4,7,13H,2,5-6H2,1H3,(H,14,15). The van der Waals surface area contributed by atoms with Crippen LogP contribution in [0.3, 0.4) is 0 Å². The number of aromatic carboxylic acids is 1. The topological polar surface area (TPSA) is 92.7 Å². The van der Waals surface area contributed by atoms with Crippen LogP contribution < -0.4 is 4.72 Å². The molecule has 2 N–H and O–H groups in total. The van der Waals surface area contributed by atoms with Crippen molar-refractivity contribution in [3.8, 4) is 0 Å². The molecule has 0 radical (unpaired) electrons. The number of carbonyl (C=O) groups is 1. The second kappa shape index (κ2) is 6.88. The summed E-state index contributed by atoms with van der Waals surface area (Å²) in [7, 11) is -3.51. The predicted octanol–water partition coefficient (Wildman–Crippen LogP) is 1.93. The highest BCUT2D eigenvalue weighted by Crippen LogP contribution is 2.24. The van der Waals surface area contributed by atoms with Crippen molar-refractivity contribution in [3.05, 3.63) is 28.2 Å². The molecule has 8 heteroatoms. The van der Waals surface area contributed by atoms with Crippen LogP contribution in [0.1, 0.15) is 17.3 Å². The van der Waals surface area contributed by atoms with Crippen molar-refractivity contribution in [1.29, 1.82) is 0 Å². The Morgan fingerprint density at radius 1 is 1.47 bits per heavy atom.